The SMILES string of the molecule is CCc1nc2sc([C@@H](c3ccc([N+](=O)[O-])cc3)N3CCC(O)CC3)c(O)n2n1. The highest BCUT2D eigenvalue weighted by Gasteiger charge is 2.32. The molecule has 3 aromatic rings. The van der Waals surface area contributed by atoms with E-state index in [9.17, 15) is 20.3 Å². The lowest BCUT2D eigenvalue weighted by Gasteiger charge is -2.35. The number of aliphatic hydroxyl groups excluding tert-OH is 1. The van der Waals surface area contributed by atoms with Crippen LogP contribution in [0.25, 0.3) is 4.96 Å². The number of fused-ring (bicyclic) bond motifs is 1. The zero-order valence-electron chi connectivity index (χ0n) is 15.4. The Labute approximate surface area is 165 Å². The van der Waals surface area contributed by atoms with Gasteiger partial charge in [0, 0.05) is 31.6 Å². The van der Waals surface area contributed by atoms with Crippen molar-refractivity contribution in [3.05, 3.63) is 50.6 Å². The Balaban J connectivity index is 1.77. The first kappa shape index (κ1) is 18.8. The van der Waals surface area contributed by atoms with Crippen LogP contribution in [0.5, 0.6) is 5.88 Å². The number of hydrogen-bond acceptors (Lipinski definition) is 8. The van der Waals surface area contributed by atoms with E-state index >= 15 is 0 Å². The minimum atomic E-state index is -0.428. The molecule has 4 rings (SSSR count). The monoisotopic (exact) mass is 403 g/mol. The third-order valence-corrected chi connectivity index (χ3v) is 6.16. The Morgan fingerprint density at radius 1 is 1.32 bits per heavy atom. The highest BCUT2D eigenvalue weighted by Crippen LogP contribution is 2.41. The lowest BCUT2D eigenvalue weighted by Crippen LogP contribution is -2.38. The number of piperidine rings is 1. The molecule has 0 amide bonds. The third-order valence-electron chi connectivity index (χ3n) is 5.09. The van der Waals surface area contributed by atoms with Gasteiger partial charge in [-0.1, -0.05) is 30.4 Å². The standard InChI is InChI=1S/C18H21N5O4S/c1-2-14-19-18-22(20-14)17(25)16(28-18)15(21-9-7-13(24)8-10-21)11-3-5-12(6-4-11)23(26)27/h3-6,13,15,24-25H,2,7-10H2,1H3/t15-/m1/s1. The second-order valence-corrected chi connectivity index (χ2v) is 7.89. The maximum atomic E-state index is 11.0. The average molecular weight is 403 g/mol. The number of nitro groups is 1. The fraction of sp³-hybridized carbons (Fsp3) is 0.444. The zero-order valence-corrected chi connectivity index (χ0v) is 16.2. The van der Waals surface area contributed by atoms with Crippen molar-refractivity contribution in [1.82, 2.24) is 19.5 Å². The van der Waals surface area contributed by atoms with Gasteiger partial charge in [-0.05, 0) is 18.4 Å². The number of non-ortho nitro benzene ring substituents is 1. The fourth-order valence-corrected chi connectivity index (χ4v) is 4.70. The number of aromatic hydroxyl groups is 1. The maximum Gasteiger partial charge on any atom is 0.269 e. The van der Waals surface area contributed by atoms with E-state index in [1.54, 1.807) is 12.1 Å². The summed E-state index contributed by atoms with van der Waals surface area (Å²) in [6, 6.07) is 6.11. The van der Waals surface area contributed by atoms with Crippen LogP contribution in [-0.4, -0.2) is 53.8 Å². The highest BCUT2D eigenvalue weighted by molar-refractivity contribution is 7.17. The zero-order chi connectivity index (χ0) is 19.8. The van der Waals surface area contributed by atoms with Gasteiger partial charge < -0.3 is 10.2 Å². The Bertz CT molecular complexity index is 991. The molecule has 1 aliphatic rings. The summed E-state index contributed by atoms with van der Waals surface area (Å²) in [5, 5.41) is 36.0. The molecule has 0 saturated carbocycles. The Morgan fingerprint density at radius 3 is 2.57 bits per heavy atom. The Hall–Kier alpha value is -2.56. The van der Waals surface area contributed by atoms with Crippen molar-refractivity contribution in [3.8, 4) is 5.88 Å². The van der Waals surface area contributed by atoms with Gasteiger partial charge in [0.15, 0.2) is 5.82 Å². The Kier molecular flexibility index (Phi) is 5.00. The van der Waals surface area contributed by atoms with Crippen molar-refractivity contribution in [2.45, 2.75) is 38.3 Å². The summed E-state index contributed by atoms with van der Waals surface area (Å²) in [7, 11) is 0. The second kappa shape index (κ2) is 7.46. The molecule has 2 N–H and O–H groups in total. The molecule has 1 fully saturated rings. The molecule has 148 valence electrons. The van der Waals surface area contributed by atoms with E-state index in [0.717, 1.165) is 5.56 Å². The van der Waals surface area contributed by atoms with E-state index in [-0.39, 0.29) is 23.7 Å². The highest BCUT2D eigenvalue weighted by atomic mass is 32.1. The summed E-state index contributed by atoms with van der Waals surface area (Å²) >= 11 is 1.37. The van der Waals surface area contributed by atoms with E-state index in [0.29, 0.717) is 48.0 Å². The first-order valence-corrected chi connectivity index (χ1v) is 10.0. The number of hydrogen-bond donors (Lipinski definition) is 2. The number of nitro benzene ring substituents is 1. The molecule has 0 radical (unpaired) electrons. The molecule has 0 aliphatic carbocycles. The van der Waals surface area contributed by atoms with E-state index in [1.807, 2.05) is 6.92 Å². The molecule has 0 spiro atoms. The minimum Gasteiger partial charge on any atom is -0.492 e. The normalized spacial score (nSPS) is 17.2. The number of thiazole rings is 1. The van der Waals surface area contributed by atoms with E-state index in [1.165, 1.54) is 28.0 Å². The number of aliphatic hydroxyl groups is 1. The molecular formula is C18H21N5O4S. The summed E-state index contributed by atoms with van der Waals surface area (Å²) in [5.74, 6) is 0.711. The minimum absolute atomic E-state index is 0.0241. The van der Waals surface area contributed by atoms with E-state index < -0.39 is 4.92 Å². The van der Waals surface area contributed by atoms with Crippen LogP contribution in [0.3, 0.4) is 0 Å². The molecule has 1 saturated heterocycles. The molecule has 1 atom stereocenters. The van der Waals surface area contributed by atoms with E-state index in [4.69, 9.17) is 0 Å². The molecule has 0 unspecified atom stereocenters. The van der Waals surface area contributed by atoms with E-state index in [2.05, 4.69) is 15.0 Å². The number of aryl methyl sites for hydroxylation is 1. The number of likely N-dealkylation sites (tertiary alicyclic amines) is 1. The smallest absolute Gasteiger partial charge is 0.269 e. The molecular weight excluding hydrogens is 382 g/mol. The Morgan fingerprint density at radius 2 is 2.00 bits per heavy atom. The first-order chi connectivity index (χ1) is 13.5. The quantitative estimate of drug-likeness (QED) is 0.496. The largest absolute Gasteiger partial charge is 0.492 e. The van der Waals surface area contributed by atoms with Crippen molar-refractivity contribution < 1.29 is 15.1 Å². The summed E-state index contributed by atoms with van der Waals surface area (Å²) in [6.07, 6.45) is 1.64. The molecule has 3 heterocycles. The number of nitrogens with zero attached hydrogens (tertiary/aromatic N) is 5. The molecule has 1 aromatic carbocycles. The topological polar surface area (TPSA) is 117 Å². The van der Waals surface area contributed by atoms with Crippen molar-refractivity contribution in [2.24, 2.45) is 0 Å². The van der Waals surface area contributed by atoms with Gasteiger partial charge in [0.25, 0.3) is 5.69 Å². The van der Waals surface area contributed by atoms with Crippen molar-refractivity contribution in [2.75, 3.05) is 13.1 Å². The van der Waals surface area contributed by atoms with Gasteiger partial charge in [-0.3, -0.25) is 15.0 Å². The van der Waals surface area contributed by atoms with Crippen LogP contribution in [0.15, 0.2) is 24.3 Å². The number of aromatic nitrogens is 3. The second-order valence-electron chi connectivity index (χ2n) is 6.88. The third kappa shape index (κ3) is 3.34. The molecule has 9 nitrogen and oxygen atoms in total. The summed E-state index contributed by atoms with van der Waals surface area (Å²) in [4.78, 5) is 18.5. The molecule has 0 bridgehead atoms. The summed E-state index contributed by atoms with van der Waals surface area (Å²) in [5.41, 5.74) is 0.869. The summed E-state index contributed by atoms with van der Waals surface area (Å²) in [6.45, 7) is 3.28. The molecule has 28 heavy (non-hydrogen) atoms. The average Bonchev–Trinajstić information content (AvgIpc) is 3.23. The molecule has 2 aromatic heterocycles. The first-order valence-electron chi connectivity index (χ1n) is 9.21. The van der Waals surface area contributed by atoms with Gasteiger partial charge in [0.2, 0.25) is 10.8 Å². The van der Waals surface area contributed by atoms with Crippen LogP contribution in [0.1, 0.15) is 42.1 Å². The number of rotatable bonds is 5. The predicted molar refractivity (Wildman–Crippen MR) is 104 cm³/mol. The lowest BCUT2D eigenvalue weighted by atomic mass is 9.99. The van der Waals surface area contributed by atoms with Crippen LogP contribution >= 0.6 is 11.3 Å². The van der Waals surface area contributed by atoms with Gasteiger partial charge >= 0.3 is 0 Å². The van der Waals surface area contributed by atoms with Crippen LogP contribution < -0.4 is 0 Å². The van der Waals surface area contributed by atoms with Gasteiger partial charge in [-0.2, -0.15) is 4.52 Å². The lowest BCUT2D eigenvalue weighted by molar-refractivity contribution is -0.384. The molecule has 10 heteroatoms. The van der Waals surface area contributed by atoms with Crippen molar-refractivity contribution >= 4 is 22.0 Å². The van der Waals surface area contributed by atoms with Gasteiger partial charge in [-0.15, -0.1) is 5.10 Å². The van der Waals surface area contributed by atoms with Gasteiger partial charge in [0.1, 0.15) is 0 Å². The van der Waals surface area contributed by atoms with Gasteiger partial charge in [-0.25, -0.2) is 4.98 Å². The van der Waals surface area contributed by atoms with Crippen molar-refractivity contribution in [3.63, 3.8) is 0 Å². The summed E-state index contributed by atoms with van der Waals surface area (Å²) < 4.78 is 1.45. The number of benzene rings is 1. The van der Waals surface area contributed by atoms with Crippen LogP contribution in [0.4, 0.5) is 5.69 Å². The van der Waals surface area contributed by atoms with Crippen LogP contribution in [0.2, 0.25) is 0 Å². The van der Waals surface area contributed by atoms with Gasteiger partial charge in [0.05, 0.1) is 21.9 Å². The van der Waals surface area contributed by atoms with Crippen molar-refractivity contribution in [1.29, 1.82) is 0 Å². The van der Waals surface area contributed by atoms with Crippen LogP contribution in [-0.2, 0) is 6.42 Å². The maximum absolute atomic E-state index is 11.0. The predicted octanol–water partition coefficient (Wildman–Crippen LogP) is 2.51. The molecule has 1 aliphatic heterocycles. The van der Waals surface area contributed by atoms with Crippen LogP contribution in [0, 0.1) is 10.1 Å². The fourth-order valence-electron chi connectivity index (χ4n) is 3.57.